The maximum atomic E-state index is 12.6. The Morgan fingerprint density at radius 1 is 1.14 bits per heavy atom. The highest BCUT2D eigenvalue weighted by Crippen LogP contribution is 2.28. The molecule has 0 atom stereocenters. The monoisotopic (exact) mass is 411 g/mol. The predicted octanol–water partition coefficient (Wildman–Crippen LogP) is 2.02. The molecule has 1 aromatic heterocycles. The molecule has 0 saturated heterocycles. The normalized spacial score (nSPS) is 10.8. The molecule has 2 rings (SSSR count). The predicted molar refractivity (Wildman–Crippen MR) is 91.4 cm³/mol. The van der Waals surface area contributed by atoms with Crippen LogP contribution in [0.3, 0.4) is 0 Å². The second kappa shape index (κ2) is 9.70. The van der Waals surface area contributed by atoms with E-state index in [2.05, 4.69) is 26.7 Å². The smallest absolute Gasteiger partial charge is 0.416 e. The van der Waals surface area contributed by atoms with Gasteiger partial charge in [0.15, 0.2) is 0 Å². The van der Waals surface area contributed by atoms with Crippen LogP contribution in [0.15, 0.2) is 24.3 Å². The van der Waals surface area contributed by atoms with E-state index in [9.17, 15) is 22.8 Å². The molecule has 0 radical (unpaired) electrons. The van der Waals surface area contributed by atoms with Crippen LogP contribution < -0.4 is 0 Å². The van der Waals surface area contributed by atoms with Gasteiger partial charge in [-0.1, -0.05) is 5.92 Å². The van der Waals surface area contributed by atoms with E-state index in [1.807, 2.05) is 0 Å². The van der Waals surface area contributed by atoms with Crippen molar-refractivity contribution in [2.45, 2.75) is 19.8 Å². The minimum absolute atomic E-state index is 0.0282. The number of nitrogens with zero attached hydrogens (tertiary/aromatic N) is 3. The summed E-state index contributed by atoms with van der Waals surface area (Å²) < 4.78 is 53.6. The van der Waals surface area contributed by atoms with E-state index in [0.29, 0.717) is 5.56 Å². The first-order valence-electron chi connectivity index (χ1n) is 8.14. The molecule has 0 fully saturated rings. The maximum absolute atomic E-state index is 12.6. The number of ether oxygens (including phenoxy) is 3. The minimum atomic E-state index is -4.44. The Labute approximate surface area is 163 Å². The summed E-state index contributed by atoms with van der Waals surface area (Å²) >= 11 is 0. The zero-order chi connectivity index (χ0) is 21.4. The van der Waals surface area contributed by atoms with Crippen LogP contribution in [0.25, 0.3) is 0 Å². The third-order valence-corrected chi connectivity index (χ3v) is 3.32. The highest BCUT2D eigenvalue weighted by Gasteiger charge is 2.29. The fourth-order valence-corrected chi connectivity index (χ4v) is 1.97. The molecule has 29 heavy (non-hydrogen) atoms. The number of aromatic nitrogens is 3. The standard InChI is InChI=1S/C18H16F3N3O5/c1-12(25)29-10-9-28-11-24-15(22-16(23-24)17(26)27-2)8-5-13-3-6-14(7-4-13)18(19,20)21/h3-4,6-7H,9-11H2,1-2H3. The summed E-state index contributed by atoms with van der Waals surface area (Å²) in [6, 6.07) is 4.25. The van der Waals surface area contributed by atoms with Crippen molar-refractivity contribution >= 4 is 11.9 Å². The fourth-order valence-electron chi connectivity index (χ4n) is 1.97. The second-order valence-corrected chi connectivity index (χ2v) is 5.45. The zero-order valence-electron chi connectivity index (χ0n) is 15.4. The highest BCUT2D eigenvalue weighted by molar-refractivity contribution is 5.85. The lowest BCUT2D eigenvalue weighted by Gasteiger charge is -2.05. The number of esters is 2. The molecule has 0 bridgehead atoms. The molecular weight excluding hydrogens is 395 g/mol. The van der Waals surface area contributed by atoms with Crippen molar-refractivity contribution in [1.29, 1.82) is 0 Å². The Morgan fingerprint density at radius 3 is 2.41 bits per heavy atom. The SMILES string of the molecule is COC(=O)c1nc(C#Cc2ccc(C(F)(F)F)cc2)n(COCCOC(C)=O)n1. The number of carbonyl (C=O) groups is 2. The van der Waals surface area contributed by atoms with Crippen molar-refractivity contribution in [1.82, 2.24) is 14.8 Å². The van der Waals surface area contributed by atoms with Gasteiger partial charge >= 0.3 is 18.1 Å². The quantitative estimate of drug-likeness (QED) is 0.408. The van der Waals surface area contributed by atoms with Crippen LogP contribution in [0, 0.1) is 11.8 Å². The first kappa shape index (κ1) is 21.9. The topological polar surface area (TPSA) is 92.5 Å². The van der Waals surface area contributed by atoms with Gasteiger partial charge in [0.05, 0.1) is 19.3 Å². The van der Waals surface area contributed by atoms with Gasteiger partial charge in [-0.25, -0.2) is 9.48 Å². The van der Waals surface area contributed by atoms with Crippen molar-refractivity contribution in [2.75, 3.05) is 20.3 Å². The van der Waals surface area contributed by atoms with E-state index >= 15 is 0 Å². The molecule has 0 aliphatic carbocycles. The van der Waals surface area contributed by atoms with Crippen LogP contribution in [0.2, 0.25) is 0 Å². The number of halogens is 3. The molecule has 2 aromatic rings. The molecule has 0 aliphatic heterocycles. The number of benzene rings is 1. The van der Waals surface area contributed by atoms with Gasteiger partial charge in [0, 0.05) is 12.5 Å². The average molecular weight is 411 g/mol. The highest BCUT2D eigenvalue weighted by atomic mass is 19.4. The molecular formula is C18H16F3N3O5. The largest absolute Gasteiger partial charge is 0.463 e. The van der Waals surface area contributed by atoms with Gasteiger partial charge in [-0.3, -0.25) is 4.79 Å². The minimum Gasteiger partial charge on any atom is -0.463 e. The van der Waals surface area contributed by atoms with Gasteiger partial charge in [-0.05, 0) is 30.2 Å². The van der Waals surface area contributed by atoms with E-state index in [1.165, 1.54) is 23.7 Å². The molecule has 0 unspecified atom stereocenters. The summed E-state index contributed by atoms with van der Waals surface area (Å²) in [6.07, 6.45) is -4.44. The molecule has 11 heteroatoms. The van der Waals surface area contributed by atoms with Crippen LogP contribution in [0.4, 0.5) is 13.2 Å². The Hall–Kier alpha value is -3.39. The van der Waals surface area contributed by atoms with Gasteiger partial charge in [-0.15, -0.1) is 5.10 Å². The number of carbonyl (C=O) groups excluding carboxylic acids is 2. The fraction of sp³-hybridized carbons (Fsp3) is 0.333. The molecule has 8 nitrogen and oxygen atoms in total. The Kier molecular flexibility index (Phi) is 7.33. The van der Waals surface area contributed by atoms with Crippen molar-refractivity contribution in [3.05, 3.63) is 47.0 Å². The van der Waals surface area contributed by atoms with Crippen molar-refractivity contribution in [3.8, 4) is 11.8 Å². The van der Waals surface area contributed by atoms with Gasteiger partial charge < -0.3 is 14.2 Å². The van der Waals surface area contributed by atoms with E-state index in [1.54, 1.807) is 0 Å². The summed E-state index contributed by atoms with van der Waals surface area (Å²) in [6.45, 7) is 1.20. The Morgan fingerprint density at radius 2 is 1.83 bits per heavy atom. The van der Waals surface area contributed by atoms with Gasteiger partial charge in [-0.2, -0.15) is 18.2 Å². The van der Waals surface area contributed by atoms with Crippen LogP contribution >= 0.6 is 0 Å². The molecule has 1 aromatic carbocycles. The van der Waals surface area contributed by atoms with E-state index < -0.39 is 23.7 Å². The first-order chi connectivity index (χ1) is 13.7. The summed E-state index contributed by atoms with van der Waals surface area (Å²) in [7, 11) is 1.16. The number of hydrogen-bond donors (Lipinski definition) is 0. The van der Waals surface area contributed by atoms with Crippen LogP contribution in [0.1, 0.15) is 34.5 Å². The number of alkyl halides is 3. The molecule has 0 aliphatic rings. The molecule has 0 spiro atoms. The van der Waals surface area contributed by atoms with Gasteiger partial charge in [0.1, 0.15) is 13.3 Å². The van der Waals surface area contributed by atoms with Crippen LogP contribution in [-0.4, -0.2) is 47.0 Å². The lowest BCUT2D eigenvalue weighted by atomic mass is 10.1. The van der Waals surface area contributed by atoms with E-state index in [-0.39, 0.29) is 31.6 Å². The summed E-state index contributed by atoms with van der Waals surface area (Å²) in [5.74, 6) is 3.82. The van der Waals surface area contributed by atoms with Gasteiger partial charge in [0.2, 0.25) is 5.82 Å². The number of rotatable bonds is 6. The van der Waals surface area contributed by atoms with Crippen molar-refractivity contribution < 1.29 is 37.0 Å². The Bertz CT molecular complexity index is 927. The lowest BCUT2D eigenvalue weighted by molar-refractivity contribution is -0.143. The second-order valence-electron chi connectivity index (χ2n) is 5.45. The molecule has 1 heterocycles. The van der Waals surface area contributed by atoms with Gasteiger partial charge in [0.25, 0.3) is 5.82 Å². The number of methoxy groups -OCH3 is 1. The van der Waals surface area contributed by atoms with Crippen LogP contribution in [0.5, 0.6) is 0 Å². The molecule has 0 saturated carbocycles. The molecule has 154 valence electrons. The van der Waals surface area contributed by atoms with Crippen molar-refractivity contribution in [3.63, 3.8) is 0 Å². The summed E-state index contributed by atoms with van der Waals surface area (Å²) in [4.78, 5) is 26.3. The van der Waals surface area contributed by atoms with Crippen molar-refractivity contribution in [2.24, 2.45) is 0 Å². The summed E-state index contributed by atoms with van der Waals surface area (Å²) in [5, 5.41) is 3.92. The molecule has 0 amide bonds. The zero-order valence-corrected chi connectivity index (χ0v) is 15.4. The first-order valence-corrected chi connectivity index (χ1v) is 8.14. The Balaban J connectivity index is 2.16. The molecule has 0 N–H and O–H groups in total. The van der Waals surface area contributed by atoms with E-state index in [4.69, 9.17) is 9.47 Å². The average Bonchev–Trinajstić information content (AvgIpc) is 3.08. The lowest BCUT2D eigenvalue weighted by Crippen LogP contribution is -2.12. The number of hydrogen-bond acceptors (Lipinski definition) is 7. The third kappa shape index (κ3) is 6.62. The van der Waals surface area contributed by atoms with E-state index in [0.717, 1.165) is 19.2 Å². The third-order valence-electron chi connectivity index (χ3n) is 3.32. The van der Waals surface area contributed by atoms with Crippen LogP contribution in [-0.2, 0) is 31.9 Å². The maximum Gasteiger partial charge on any atom is 0.416 e. The summed E-state index contributed by atoms with van der Waals surface area (Å²) in [5.41, 5.74) is -0.483.